The number of aliphatic hydroxyl groups excluding tert-OH is 4. The van der Waals surface area contributed by atoms with Crippen LogP contribution >= 0.6 is 22.6 Å². The van der Waals surface area contributed by atoms with Crippen LogP contribution in [0.5, 0.6) is 0 Å². The summed E-state index contributed by atoms with van der Waals surface area (Å²) in [5, 5.41) is 43.2. The summed E-state index contributed by atoms with van der Waals surface area (Å²) >= 11 is 2.10. The molecule has 1 fully saturated rings. The van der Waals surface area contributed by atoms with Gasteiger partial charge in [-0.1, -0.05) is 0 Å². The van der Waals surface area contributed by atoms with Crippen molar-refractivity contribution in [3.8, 4) is 0 Å². The van der Waals surface area contributed by atoms with Crippen molar-refractivity contribution in [2.45, 2.75) is 30.6 Å². The van der Waals surface area contributed by atoms with Gasteiger partial charge in [-0.2, -0.15) is 0 Å². The highest BCUT2D eigenvalue weighted by Crippen LogP contribution is 2.19. The molecule has 1 saturated heterocycles. The van der Waals surface area contributed by atoms with Crippen LogP contribution in [0.15, 0.2) is 24.3 Å². The van der Waals surface area contributed by atoms with Crippen LogP contribution in [-0.4, -0.2) is 76.0 Å². The molecule has 1 aliphatic rings. The number of amides is 2. The van der Waals surface area contributed by atoms with E-state index in [-0.39, 0.29) is 6.54 Å². The Morgan fingerprint density at radius 3 is 2.36 bits per heavy atom. The van der Waals surface area contributed by atoms with E-state index in [0.717, 1.165) is 3.57 Å². The van der Waals surface area contributed by atoms with Gasteiger partial charge in [0.2, 0.25) is 5.91 Å². The van der Waals surface area contributed by atoms with Crippen molar-refractivity contribution in [2.24, 2.45) is 0 Å². The average Bonchev–Trinajstić information content (AvgIpc) is 2.60. The third kappa shape index (κ3) is 5.09. The van der Waals surface area contributed by atoms with E-state index in [2.05, 4.69) is 33.2 Å². The number of carbonyl (C=O) groups is 2. The van der Waals surface area contributed by atoms with E-state index in [1.165, 1.54) is 0 Å². The van der Waals surface area contributed by atoms with Crippen molar-refractivity contribution >= 4 is 34.4 Å². The van der Waals surface area contributed by atoms with E-state index in [0.29, 0.717) is 5.56 Å². The molecule has 2 rings (SSSR count). The second-order valence-electron chi connectivity index (χ2n) is 5.51. The molecule has 1 heterocycles. The molecule has 9 nitrogen and oxygen atoms in total. The Morgan fingerprint density at radius 2 is 1.76 bits per heavy atom. The molecule has 6 N–H and O–H groups in total. The highest BCUT2D eigenvalue weighted by atomic mass is 127. The molecule has 5 atom stereocenters. The molecule has 1 aromatic rings. The summed E-state index contributed by atoms with van der Waals surface area (Å²) in [6.07, 6.45) is -5.76. The zero-order valence-electron chi connectivity index (χ0n) is 13.0. The van der Waals surface area contributed by atoms with Crippen molar-refractivity contribution in [2.75, 3.05) is 13.2 Å². The lowest BCUT2D eigenvalue weighted by atomic mass is 9.97. The summed E-state index contributed by atoms with van der Waals surface area (Å²) in [5.41, 5.74) is 0.385. The summed E-state index contributed by atoms with van der Waals surface area (Å²) in [4.78, 5) is 23.8. The molecule has 0 aromatic heterocycles. The number of hydrogen-bond donors (Lipinski definition) is 6. The smallest absolute Gasteiger partial charge is 0.251 e. The molecular formula is C15H19IN2O7. The van der Waals surface area contributed by atoms with Gasteiger partial charge in [-0.3, -0.25) is 9.59 Å². The normalized spacial score (nSPS) is 29.1. The third-order valence-corrected chi connectivity index (χ3v) is 4.46. The Balaban J connectivity index is 1.87. The first-order chi connectivity index (χ1) is 11.8. The number of carbonyl (C=O) groups excluding carboxylic acids is 2. The third-order valence-electron chi connectivity index (χ3n) is 3.74. The number of aliphatic hydroxyl groups is 4. The maximum absolute atomic E-state index is 11.9. The molecule has 1 aliphatic heterocycles. The van der Waals surface area contributed by atoms with E-state index in [1.54, 1.807) is 24.3 Å². The summed E-state index contributed by atoms with van der Waals surface area (Å²) in [6, 6.07) is 5.44. The summed E-state index contributed by atoms with van der Waals surface area (Å²) < 4.78 is 5.90. The predicted molar refractivity (Wildman–Crippen MR) is 93.4 cm³/mol. The maximum Gasteiger partial charge on any atom is 0.251 e. The van der Waals surface area contributed by atoms with Crippen molar-refractivity contribution in [3.63, 3.8) is 0 Å². The Hall–Kier alpha value is -1.31. The molecular weight excluding hydrogens is 447 g/mol. The fraction of sp³-hybridized carbons (Fsp3) is 0.467. The van der Waals surface area contributed by atoms with Crippen LogP contribution in [0, 0.1) is 3.57 Å². The second kappa shape index (κ2) is 8.87. The van der Waals surface area contributed by atoms with Crippen LogP contribution in [-0.2, 0) is 9.53 Å². The van der Waals surface area contributed by atoms with Crippen molar-refractivity contribution in [1.29, 1.82) is 0 Å². The first-order valence-electron chi connectivity index (χ1n) is 7.47. The van der Waals surface area contributed by atoms with Gasteiger partial charge in [0, 0.05) is 9.13 Å². The first-order valence-corrected chi connectivity index (χ1v) is 8.55. The van der Waals surface area contributed by atoms with Crippen LogP contribution < -0.4 is 10.6 Å². The number of hydrogen-bond acceptors (Lipinski definition) is 7. The van der Waals surface area contributed by atoms with Crippen LogP contribution in [0.1, 0.15) is 10.4 Å². The quantitative estimate of drug-likeness (QED) is 0.274. The minimum atomic E-state index is -1.61. The van der Waals surface area contributed by atoms with Crippen LogP contribution in [0.25, 0.3) is 0 Å². The number of nitrogens with one attached hydrogen (secondary N) is 2. The summed E-state index contributed by atoms with van der Waals surface area (Å²) in [6.45, 7) is -0.984. The van der Waals surface area contributed by atoms with Gasteiger partial charge in [-0.25, -0.2) is 0 Å². The first kappa shape index (κ1) is 20.0. The van der Waals surface area contributed by atoms with E-state index in [9.17, 15) is 24.9 Å². The van der Waals surface area contributed by atoms with Crippen LogP contribution in [0.4, 0.5) is 0 Å². The molecule has 0 saturated carbocycles. The van der Waals surface area contributed by atoms with Gasteiger partial charge in [0.25, 0.3) is 5.91 Å². The summed E-state index contributed by atoms with van der Waals surface area (Å²) in [7, 11) is 0. The van der Waals surface area contributed by atoms with E-state index in [4.69, 9.17) is 9.84 Å². The van der Waals surface area contributed by atoms with Gasteiger partial charge in [0.1, 0.15) is 24.4 Å². The Labute approximate surface area is 157 Å². The van der Waals surface area contributed by atoms with Crippen molar-refractivity contribution in [3.05, 3.63) is 33.4 Å². The monoisotopic (exact) mass is 466 g/mol. The molecule has 0 radical (unpaired) electrons. The lowest BCUT2D eigenvalue weighted by molar-refractivity contribution is -0.253. The Kier molecular flexibility index (Phi) is 7.10. The standard InChI is InChI=1S/C15H19IN2O7/c16-8-3-1-7(2-4-8)14(23)17-5-10(20)18-11-13(22)12(21)9(6-19)25-15(11)24/h1-4,9,11-13,15,19,21-22,24H,5-6H2,(H,17,23)(H,18,20). The van der Waals surface area contributed by atoms with Gasteiger partial charge >= 0.3 is 0 Å². The van der Waals surface area contributed by atoms with Crippen molar-refractivity contribution in [1.82, 2.24) is 10.6 Å². The predicted octanol–water partition coefficient (Wildman–Crippen LogP) is -2.06. The molecule has 138 valence electrons. The molecule has 0 aliphatic carbocycles. The molecule has 0 bridgehead atoms. The fourth-order valence-corrected chi connectivity index (χ4v) is 2.71. The number of halogens is 1. The van der Waals surface area contributed by atoms with E-state index < -0.39 is 49.1 Å². The largest absolute Gasteiger partial charge is 0.394 e. The van der Waals surface area contributed by atoms with Crippen LogP contribution in [0.2, 0.25) is 0 Å². The lowest BCUT2D eigenvalue weighted by Crippen LogP contribution is -2.64. The minimum absolute atomic E-state index is 0.385. The molecule has 25 heavy (non-hydrogen) atoms. The van der Waals surface area contributed by atoms with Gasteiger partial charge in [0.05, 0.1) is 13.2 Å². The maximum atomic E-state index is 11.9. The SMILES string of the molecule is O=C(CNC(=O)c1ccc(I)cc1)NC1C(O)OC(CO)C(O)C1O. The zero-order chi connectivity index (χ0) is 18.6. The fourth-order valence-electron chi connectivity index (χ4n) is 2.35. The molecule has 10 heteroatoms. The second-order valence-corrected chi connectivity index (χ2v) is 6.76. The highest BCUT2D eigenvalue weighted by molar-refractivity contribution is 14.1. The number of rotatable bonds is 5. The summed E-state index contributed by atoms with van der Waals surface area (Å²) in [5.74, 6) is -1.13. The van der Waals surface area contributed by atoms with Crippen LogP contribution in [0.3, 0.4) is 0 Å². The molecule has 0 spiro atoms. The topological polar surface area (TPSA) is 148 Å². The van der Waals surface area contributed by atoms with E-state index in [1.807, 2.05) is 0 Å². The molecule has 2 amide bonds. The average molecular weight is 466 g/mol. The van der Waals surface area contributed by atoms with E-state index >= 15 is 0 Å². The Bertz CT molecular complexity index is 612. The lowest BCUT2D eigenvalue weighted by Gasteiger charge is -2.40. The Morgan fingerprint density at radius 1 is 1.12 bits per heavy atom. The number of benzene rings is 1. The van der Waals surface area contributed by atoms with Gasteiger partial charge in [-0.05, 0) is 46.9 Å². The number of ether oxygens (including phenoxy) is 1. The van der Waals surface area contributed by atoms with Crippen molar-refractivity contribution < 1.29 is 34.8 Å². The molecule has 5 unspecified atom stereocenters. The highest BCUT2D eigenvalue weighted by Gasteiger charge is 2.44. The zero-order valence-corrected chi connectivity index (χ0v) is 15.2. The van der Waals surface area contributed by atoms with Gasteiger partial charge in [-0.15, -0.1) is 0 Å². The van der Waals surface area contributed by atoms with Gasteiger partial charge < -0.3 is 35.8 Å². The minimum Gasteiger partial charge on any atom is -0.394 e. The van der Waals surface area contributed by atoms with Gasteiger partial charge in [0.15, 0.2) is 6.29 Å². The molecule has 1 aromatic carbocycles.